The van der Waals surface area contributed by atoms with Gasteiger partial charge in [0.2, 0.25) is 0 Å². The lowest BCUT2D eigenvalue weighted by Gasteiger charge is -2.25. The van der Waals surface area contributed by atoms with Gasteiger partial charge in [-0.3, -0.25) is 10.3 Å². The average molecular weight is 323 g/mol. The first-order valence-corrected chi connectivity index (χ1v) is 8.77. The molecule has 126 valence electrons. The zero-order valence-corrected chi connectivity index (χ0v) is 14.3. The second-order valence-electron chi connectivity index (χ2n) is 6.20. The van der Waals surface area contributed by atoms with Gasteiger partial charge in [0, 0.05) is 23.9 Å². The minimum atomic E-state index is 0.695. The molecule has 24 heavy (non-hydrogen) atoms. The Kier molecular flexibility index (Phi) is 5.90. The number of benzene rings is 1. The molecule has 1 aliphatic rings. The summed E-state index contributed by atoms with van der Waals surface area (Å²) in [6, 6.07) is 8.04. The molecule has 2 aromatic rings. The lowest BCUT2D eigenvalue weighted by molar-refractivity contribution is 0.288. The third kappa shape index (κ3) is 4.38. The van der Waals surface area contributed by atoms with Crippen molar-refractivity contribution in [3.63, 3.8) is 0 Å². The quantitative estimate of drug-likeness (QED) is 0.478. The number of unbranched alkanes of at least 4 members (excludes halogenated alkanes) is 2. The smallest absolute Gasteiger partial charge is 0.176 e. The number of fused-ring (bicyclic) bond motifs is 1. The Morgan fingerprint density at radius 2 is 2.21 bits per heavy atom. The van der Waals surface area contributed by atoms with E-state index in [4.69, 9.17) is 0 Å². The van der Waals surface area contributed by atoms with E-state index in [-0.39, 0.29) is 0 Å². The molecule has 1 aromatic carbocycles. The zero-order valence-electron chi connectivity index (χ0n) is 14.3. The van der Waals surface area contributed by atoms with E-state index in [1.807, 2.05) is 30.5 Å². The van der Waals surface area contributed by atoms with E-state index in [1.165, 1.54) is 31.4 Å². The summed E-state index contributed by atoms with van der Waals surface area (Å²) in [7, 11) is 0. The van der Waals surface area contributed by atoms with Crippen molar-refractivity contribution in [2.24, 2.45) is 5.10 Å². The summed E-state index contributed by atoms with van der Waals surface area (Å²) in [5, 5.41) is 14.6. The Hall–Kier alpha value is -2.27. The van der Waals surface area contributed by atoms with Crippen LogP contribution >= 0.6 is 0 Å². The van der Waals surface area contributed by atoms with Crippen LogP contribution in [0.15, 0.2) is 47.2 Å². The molecular formula is C19H25N5. The Bertz CT molecular complexity index is 717. The highest BCUT2D eigenvalue weighted by Crippen LogP contribution is 2.19. The summed E-state index contributed by atoms with van der Waals surface area (Å²) in [4.78, 5) is 2.51. The summed E-state index contributed by atoms with van der Waals surface area (Å²) < 4.78 is 0. The van der Waals surface area contributed by atoms with Crippen molar-refractivity contribution < 1.29 is 0 Å². The van der Waals surface area contributed by atoms with Crippen LogP contribution in [-0.2, 0) is 0 Å². The molecule has 0 saturated carbocycles. The third-order valence-corrected chi connectivity index (χ3v) is 4.31. The van der Waals surface area contributed by atoms with E-state index in [0.29, 0.717) is 5.82 Å². The fraction of sp³-hybridized carbons (Fsp3) is 0.421. The predicted molar refractivity (Wildman–Crippen MR) is 100 cm³/mol. The molecule has 0 fully saturated rings. The number of aromatic nitrogens is 2. The summed E-state index contributed by atoms with van der Waals surface area (Å²) >= 11 is 0. The molecule has 0 radical (unpaired) electrons. The van der Waals surface area contributed by atoms with Gasteiger partial charge in [-0.25, -0.2) is 0 Å². The monoisotopic (exact) mass is 323 g/mol. The number of hydrazone groups is 1. The molecule has 2 heterocycles. The first kappa shape index (κ1) is 16.6. The number of nitrogens with zero attached hydrogens (tertiary/aromatic N) is 4. The lowest BCUT2D eigenvalue weighted by atomic mass is 10.1. The number of rotatable bonds is 7. The molecule has 3 rings (SSSR count). The van der Waals surface area contributed by atoms with E-state index < -0.39 is 0 Å². The van der Waals surface area contributed by atoms with Crippen molar-refractivity contribution in [3.05, 3.63) is 42.1 Å². The Balaban J connectivity index is 1.58. The Morgan fingerprint density at radius 3 is 3.12 bits per heavy atom. The molecule has 1 N–H and O–H groups in total. The average Bonchev–Trinajstić information content (AvgIpc) is 2.63. The van der Waals surface area contributed by atoms with Crippen LogP contribution in [0.3, 0.4) is 0 Å². The van der Waals surface area contributed by atoms with Crippen LogP contribution in [0, 0.1) is 0 Å². The van der Waals surface area contributed by atoms with Crippen LogP contribution in [0.2, 0.25) is 0 Å². The van der Waals surface area contributed by atoms with Gasteiger partial charge < -0.3 is 0 Å². The van der Waals surface area contributed by atoms with Gasteiger partial charge in [-0.1, -0.05) is 50.1 Å². The van der Waals surface area contributed by atoms with Crippen LogP contribution in [-0.4, -0.2) is 40.9 Å². The van der Waals surface area contributed by atoms with E-state index >= 15 is 0 Å². The van der Waals surface area contributed by atoms with Crippen molar-refractivity contribution in [3.8, 4) is 0 Å². The number of hydrogen-bond donors (Lipinski definition) is 1. The maximum Gasteiger partial charge on any atom is 0.176 e. The van der Waals surface area contributed by atoms with Crippen molar-refractivity contribution >= 4 is 22.8 Å². The number of hydrogen-bond acceptors (Lipinski definition) is 5. The van der Waals surface area contributed by atoms with Crippen molar-refractivity contribution in [1.82, 2.24) is 15.1 Å². The summed E-state index contributed by atoms with van der Waals surface area (Å²) in [6.07, 6.45) is 10.9. The first-order valence-electron chi connectivity index (χ1n) is 8.77. The van der Waals surface area contributed by atoms with Crippen LogP contribution in [0.1, 0.15) is 32.6 Å². The molecule has 0 bridgehead atoms. The van der Waals surface area contributed by atoms with Gasteiger partial charge in [-0.2, -0.15) is 10.2 Å². The largest absolute Gasteiger partial charge is 0.299 e. The molecule has 0 saturated heterocycles. The summed E-state index contributed by atoms with van der Waals surface area (Å²) in [5.41, 5.74) is 4.30. The highest BCUT2D eigenvalue weighted by Gasteiger charge is 2.10. The molecule has 0 amide bonds. The SMILES string of the molecule is CCCCCN1CCC=C(/C=N\Nc2nncc3ccccc23)C1. The molecule has 5 heteroatoms. The van der Waals surface area contributed by atoms with E-state index in [1.54, 1.807) is 6.20 Å². The molecule has 0 spiro atoms. The second kappa shape index (κ2) is 8.55. The van der Waals surface area contributed by atoms with E-state index in [2.05, 4.69) is 38.6 Å². The third-order valence-electron chi connectivity index (χ3n) is 4.31. The van der Waals surface area contributed by atoms with E-state index in [0.717, 1.165) is 30.3 Å². The van der Waals surface area contributed by atoms with Crippen molar-refractivity contribution in [2.45, 2.75) is 32.6 Å². The van der Waals surface area contributed by atoms with Gasteiger partial charge in [0.25, 0.3) is 0 Å². The van der Waals surface area contributed by atoms with Gasteiger partial charge in [-0.15, -0.1) is 5.10 Å². The van der Waals surface area contributed by atoms with Crippen molar-refractivity contribution in [2.75, 3.05) is 25.1 Å². The molecule has 1 aromatic heterocycles. The van der Waals surface area contributed by atoms with Gasteiger partial charge in [0.1, 0.15) is 0 Å². The Labute approximate surface area is 143 Å². The minimum Gasteiger partial charge on any atom is -0.299 e. The summed E-state index contributed by atoms with van der Waals surface area (Å²) in [6.45, 7) is 5.57. The van der Waals surface area contributed by atoms with Crippen molar-refractivity contribution in [1.29, 1.82) is 0 Å². The van der Waals surface area contributed by atoms with Crippen LogP contribution < -0.4 is 5.43 Å². The highest BCUT2D eigenvalue weighted by atomic mass is 15.3. The van der Waals surface area contributed by atoms with E-state index in [9.17, 15) is 0 Å². The predicted octanol–water partition coefficient (Wildman–Crippen LogP) is 3.85. The maximum absolute atomic E-state index is 4.37. The van der Waals surface area contributed by atoms with Gasteiger partial charge in [0.15, 0.2) is 5.82 Å². The fourth-order valence-corrected chi connectivity index (χ4v) is 2.99. The fourth-order valence-electron chi connectivity index (χ4n) is 2.99. The topological polar surface area (TPSA) is 53.4 Å². The first-order chi connectivity index (χ1) is 11.9. The normalized spacial score (nSPS) is 15.8. The van der Waals surface area contributed by atoms with Gasteiger partial charge >= 0.3 is 0 Å². The Morgan fingerprint density at radius 1 is 1.29 bits per heavy atom. The van der Waals surface area contributed by atoms with Gasteiger partial charge in [0.05, 0.1) is 12.4 Å². The number of nitrogens with one attached hydrogen (secondary N) is 1. The zero-order chi connectivity index (χ0) is 16.6. The molecule has 0 atom stereocenters. The molecule has 0 aliphatic carbocycles. The van der Waals surface area contributed by atoms with Crippen LogP contribution in [0.4, 0.5) is 5.82 Å². The lowest BCUT2D eigenvalue weighted by Crippen LogP contribution is -2.31. The standard InChI is InChI=1S/C19H25N5/c1-2-3-6-11-24-12-7-8-16(15-24)13-20-22-19-18-10-5-4-9-17(18)14-21-23-19/h4-5,8-10,13-14H,2-3,6-7,11-12,15H2,1H3,(H,22,23)/b20-13-. The maximum atomic E-state index is 4.37. The van der Waals surface area contributed by atoms with Gasteiger partial charge in [-0.05, 0) is 25.0 Å². The molecule has 0 unspecified atom stereocenters. The molecule has 1 aliphatic heterocycles. The number of anilines is 1. The molecule has 5 nitrogen and oxygen atoms in total. The molecular weight excluding hydrogens is 298 g/mol. The minimum absolute atomic E-state index is 0.695. The second-order valence-corrected chi connectivity index (χ2v) is 6.20. The van der Waals surface area contributed by atoms with Crippen LogP contribution in [0.25, 0.3) is 10.8 Å². The van der Waals surface area contributed by atoms with Crippen LogP contribution in [0.5, 0.6) is 0 Å². The summed E-state index contributed by atoms with van der Waals surface area (Å²) in [5.74, 6) is 0.695. The highest BCUT2D eigenvalue weighted by molar-refractivity contribution is 5.91.